The van der Waals surface area contributed by atoms with Gasteiger partial charge in [-0.25, -0.2) is 4.79 Å². The topological polar surface area (TPSA) is 102 Å². The average molecular weight is 631 g/mol. The van der Waals surface area contributed by atoms with Gasteiger partial charge in [-0.2, -0.15) is 0 Å². The number of esters is 1. The van der Waals surface area contributed by atoms with E-state index in [1.54, 1.807) is 28.3 Å². The van der Waals surface area contributed by atoms with Crippen LogP contribution in [0, 0.1) is 5.92 Å². The Labute approximate surface area is 248 Å². The van der Waals surface area contributed by atoms with Crippen LogP contribution in [0.15, 0.2) is 51.1 Å². The summed E-state index contributed by atoms with van der Waals surface area (Å²) in [4.78, 5) is 32.4. The van der Waals surface area contributed by atoms with Crippen molar-refractivity contribution in [3.8, 4) is 23.0 Å². The highest BCUT2D eigenvalue weighted by molar-refractivity contribution is 9.10. The van der Waals surface area contributed by atoms with E-state index in [1.165, 1.54) is 7.11 Å². The van der Waals surface area contributed by atoms with Crippen molar-refractivity contribution in [2.75, 3.05) is 48.3 Å². The Hall–Kier alpha value is -3.37. The van der Waals surface area contributed by atoms with Gasteiger partial charge in [-0.05, 0) is 77.5 Å². The Morgan fingerprint density at radius 2 is 1.66 bits per heavy atom. The number of ketones is 1. The average Bonchev–Trinajstić information content (AvgIpc) is 2.96. The van der Waals surface area contributed by atoms with Gasteiger partial charge in [0.25, 0.3) is 0 Å². The maximum Gasteiger partial charge on any atom is 0.336 e. The van der Waals surface area contributed by atoms with Gasteiger partial charge in [0.1, 0.15) is 12.4 Å². The summed E-state index contributed by atoms with van der Waals surface area (Å²) in [5, 5.41) is 0. The zero-order valence-corrected chi connectivity index (χ0v) is 25.8. The van der Waals surface area contributed by atoms with Crippen LogP contribution in [0.3, 0.4) is 0 Å². The van der Waals surface area contributed by atoms with Crippen molar-refractivity contribution in [1.82, 2.24) is 0 Å². The van der Waals surface area contributed by atoms with Gasteiger partial charge >= 0.3 is 5.97 Å². The monoisotopic (exact) mass is 629 g/mol. The van der Waals surface area contributed by atoms with Gasteiger partial charge in [0.2, 0.25) is 0 Å². The van der Waals surface area contributed by atoms with Gasteiger partial charge in [-0.3, -0.25) is 9.79 Å². The van der Waals surface area contributed by atoms with Crippen LogP contribution in [0.2, 0.25) is 0 Å². The number of ether oxygens (including phenoxy) is 6. The molecule has 1 saturated carbocycles. The van der Waals surface area contributed by atoms with Gasteiger partial charge in [-0.1, -0.05) is 6.07 Å². The molecule has 0 radical (unpaired) electrons. The van der Waals surface area contributed by atoms with E-state index in [9.17, 15) is 9.59 Å². The van der Waals surface area contributed by atoms with Crippen molar-refractivity contribution >= 4 is 33.4 Å². The first-order chi connectivity index (χ1) is 19.8. The fourth-order valence-corrected chi connectivity index (χ4v) is 6.29. The fourth-order valence-electron chi connectivity index (χ4n) is 5.67. The van der Waals surface area contributed by atoms with Crippen molar-refractivity contribution in [3.63, 3.8) is 0 Å². The number of nitrogens with zero attached hydrogens (tertiary/aromatic N) is 1. The number of methoxy groups -OCH3 is 4. The molecule has 1 fully saturated rings. The van der Waals surface area contributed by atoms with Crippen molar-refractivity contribution in [2.24, 2.45) is 10.9 Å². The number of hydrogen-bond donors (Lipinski definition) is 0. The lowest BCUT2D eigenvalue weighted by Gasteiger charge is -2.38. The zero-order valence-electron chi connectivity index (χ0n) is 24.2. The van der Waals surface area contributed by atoms with Gasteiger partial charge in [0.05, 0.1) is 50.5 Å². The van der Waals surface area contributed by atoms with E-state index in [2.05, 4.69) is 15.9 Å². The van der Waals surface area contributed by atoms with Gasteiger partial charge < -0.3 is 28.4 Å². The summed E-state index contributed by atoms with van der Waals surface area (Å²) in [5.41, 5.74) is 3.31. The molecule has 9 nitrogen and oxygen atoms in total. The summed E-state index contributed by atoms with van der Waals surface area (Å²) < 4.78 is 33.6. The minimum Gasteiger partial charge on any atom is -0.493 e. The first kappa shape index (κ1) is 30.6. The molecule has 0 spiro atoms. The van der Waals surface area contributed by atoms with Crippen LogP contribution in [0.1, 0.15) is 49.7 Å². The number of benzene rings is 2. The van der Waals surface area contributed by atoms with E-state index >= 15 is 0 Å². The van der Waals surface area contributed by atoms with E-state index in [4.69, 9.17) is 33.4 Å². The molecule has 2 aromatic carbocycles. The Bertz CT molecular complexity index is 1370. The number of halogens is 1. The van der Waals surface area contributed by atoms with Crippen molar-refractivity contribution < 1.29 is 38.0 Å². The van der Waals surface area contributed by atoms with Crippen LogP contribution in [0.25, 0.3) is 0 Å². The number of allylic oxidation sites excluding steroid dienone is 1. The first-order valence-electron chi connectivity index (χ1n) is 13.5. The van der Waals surface area contributed by atoms with Crippen LogP contribution < -0.4 is 18.9 Å². The molecule has 0 amide bonds. The number of fused-ring (bicyclic) bond motifs is 1. The number of rotatable bonds is 11. The van der Waals surface area contributed by atoms with Crippen LogP contribution >= 0.6 is 15.9 Å². The molecule has 2 aromatic rings. The highest BCUT2D eigenvalue weighted by atomic mass is 79.9. The molecule has 0 N–H and O–H groups in total. The van der Waals surface area contributed by atoms with E-state index in [-0.39, 0.29) is 31.3 Å². The highest BCUT2D eigenvalue weighted by Gasteiger charge is 2.46. The summed E-state index contributed by atoms with van der Waals surface area (Å²) in [7, 11) is 6.28. The number of carbonyl (C=O) groups is 2. The smallest absolute Gasteiger partial charge is 0.336 e. The molecule has 1 aliphatic heterocycles. The zero-order chi connectivity index (χ0) is 29.7. The molecular formula is C31H36BrNO8. The second kappa shape index (κ2) is 13.5. The first-order valence-corrected chi connectivity index (χ1v) is 14.3. The molecule has 1 heterocycles. The number of Topliss-reactive ketones (excluding diaryl/α,β-unsaturated/α-hetero) is 1. The lowest BCUT2D eigenvalue weighted by Crippen LogP contribution is -2.41. The van der Waals surface area contributed by atoms with Crippen molar-refractivity contribution in [3.05, 3.63) is 57.2 Å². The Kier molecular flexibility index (Phi) is 10.1. The van der Waals surface area contributed by atoms with Crippen molar-refractivity contribution in [2.45, 2.75) is 38.5 Å². The molecule has 0 bridgehead atoms. The fraction of sp³-hybridized carbons (Fsp3) is 0.452. The van der Waals surface area contributed by atoms with Crippen LogP contribution in [-0.2, 0) is 19.1 Å². The predicted octanol–water partition coefficient (Wildman–Crippen LogP) is 5.64. The SMILES string of the molecule is CCOc1cc([C@@H]2C(C(=O)OCCOC)=C(C)N=C3C[C@@H](c4ccc(OC)c(OC)c4)CC(=O)C32)cc(Br)c1OC. The molecule has 1 aliphatic carbocycles. The van der Waals surface area contributed by atoms with E-state index in [0.717, 1.165) is 16.8 Å². The largest absolute Gasteiger partial charge is 0.493 e. The number of aliphatic imine (C=N–C) groups is 1. The third kappa shape index (κ3) is 6.28. The molecule has 41 heavy (non-hydrogen) atoms. The van der Waals surface area contributed by atoms with Crippen LogP contribution in [0.5, 0.6) is 23.0 Å². The van der Waals surface area contributed by atoms with Gasteiger partial charge in [0.15, 0.2) is 23.0 Å². The predicted molar refractivity (Wildman–Crippen MR) is 158 cm³/mol. The lowest BCUT2D eigenvalue weighted by molar-refractivity contribution is -0.140. The molecule has 0 saturated heterocycles. The number of carbonyl (C=O) groups excluding carboxylic acids is 2. The van der Waals surface area contributed by atoms with Crippen molar-refractivity contribution in [1.29, 1.82) is 0 Å². The summed E-state index contributed by atoms with van der Waals surface area (Å²) in [6.45, 7) is 4.43. The van der Waals surface area contributed by atoms with Crippen LogP contribution in [-0.4, -0.2) is 65.7 Å². The third-order valence-corrected chi connectivity index (χ3v) is 8.06. The van der Waals surface area contributed by atoms with Gasteiger partial charge in [-0.15, -0.1) is 0 Å². The summed E-state index contributed by atoms with van der Waals surface area (Å²) in [6, 6.07) is 9.42. The molecular weight excluding hydrogens is 594 g/mol. The summed E-state index contributed by atoms with van der Waals surface area (Å²) in [6.07, 6.45) is 0.845. The summed E-state index contributed by atoms with van der Waals surface area (Å²) >= 11 is 3.60. The molecule has 3 atom stereocenters. The second-order valence-corrected chi connectivity index (χ2v) is 10.7. The molecule has 10 heteroatoms. The lowest BCUT2D eigenvalue weighted by atomic mass is 9.66. The van der Waals surface area contributed by atoms with Crippen LogP contribution in [0.4, 0.5) is 0 Å². The van der Waals surface area contributed by atoms with E-state index in [1.807, 2.05) is 37.3 Å². The normalized spacial score (nSPS) is 20.2. The molecule has 2 aliphatic rings. The minimum absolute atomic E-state index is 0.000577. The second-order valence-electron chi connectivity index (χ2n) is 9.84. The Morgan fingerprint density at radius 1 is 0.927 bits per heavy atom. The minimum atomic E-state index is -0.630. The molecule has 220 valence electrons. The molecule has 4 rings (SSSR count). The Morgan fingerprint density at radius 3 is 2.32 bits per heavy atom. The molecule has 0 aromatic heterocycles. The third-order valence-electron chi connectivity index (χ3n) is 7.47. The van der Waals surface area contributed by atoms with E-state index < -0.39 is 17.8 Å². The maximum absolute atomic E-state index is 14.0. The standard InChI is InChI=1S/C31H36BrNO8/c1-7-40-26-16-20(12-21(32)30(26)39-6)28-27(31(35)41-11-10-36-3)17(2)33-22-13-19(14-23(34)29(22)28)18-8-9-24(37-4)25(15-18)38-5/h8-9,12,15-16,19,28-29H,7,10-11,13-14H2,1-6H3/t19-,28-,29?/m1/s1. The maximum atomic E-state index is 14.0. The van der Waals surface area contributed by atoms with Gasteiger partial charge in [0, 0.05) is 30.9 Å². The number of hydrogen-bond acceptors (Lipinski definition) is 9. The quantitative estimate of drug-likeness (QED) is 0.232. The highest BCUT2D eigenvalue weighted by Crippen LogP contribution is 2.49. The molecule has 1 unspecified atom stereocenters. The Balaban J connectivity index is 1.81. The summed E-state index contributed by atoms with van der Waals surface area (Å²) in [5.74, 6) is 0.415. The van der Waals surface area contributed by atoms with E-state index in [0.29, 0.717) is 51.8 Å².